The van der Waals surface area contributed by atoms with Gasteiger partial charge in [0, 0.05) is 25.2 Å². The number of halogens is 2. The highest BCUT2D eigenvalue weighted by atomic mass is 32.1. The second-order valence-electron chi connectivity index (χ2n) is 6.71. The number of benzene rings is 1. The van der Waals surface area contributed by atoms with Crippen LogP contribution in [-0.2, 0) is 17.8 Å². The van der Waals surface area contributed by atoms with E-state index in [0.717, 1.165) is 27.8 Å². The van der Waals surface area contributed by atoms with Crippen molar-refractivity contribution in [2.45, 2.75) is 13.0 Å². The molecule has 4 heterocycles. The molecule has 1 aliphatic heterocycles. The molecule has 1 amide bonds. The highest BCUT2D eigenvalue weighted by Crippen LogP contribution is 2.21. The molecule has 10 heteroatoms. The molecular weight excluding hydrogens is 422 g/mol. The third-order valence-electron chi connectivity index (χ3n) is 4.76. The van der Waals surface area contributed by atoms with Gasteiger partial charge in [0.2, 0.25) is 0 Å². The average Bonchev–Trinajstić information content (AvgIpc) is 3.44. The summed E-state index contributed by atoms with van der Waals surface area (Å²) in [4.78, 5) is 29.3. The van der Waals surface area contributed by atoms with E-state index in [1.807, 2.05) is 0 Å². The van der Waals surface area contributed by atoms with Crippen LogP contribution in [0.3, 0.4) is 0 Å². The Hall–Kier alpha value is -3.66. The lowest BCUT2D eigenvalue weighted by atomic mass is 10.1. The monoisotopic (exact) mass is 440 g/mol. The van der Waals surface area contributed by atoms with E-state index in [1.165, 1.54) is 41.8 Å². The van der Waals surface area contributed by atoms with Crippen molar-refractivity contribution in [2.24, 2.45) is 5.73 Å². The van der Waals surface area contributed by atoms with Gasteiger partial charge in [-0.05, 0) is 24.3 Å². The molecule has 3 N–H and O–H groups in total. The molecule has 0 saturated carbocycles. The van der Waals surface area contributed by atoms with Crippen LogP contribution in [0.15, 0.2) is 54.6 Å². The first kappa shape index (κ1) is 20.6. The number of thiazole rings is 1. The molecule has 0 unspecified atom stereocenters. The fourth-order valence-electron chi connectivity index (χ4n) is 3.19. The fourth-order valence-corrected chi connectivity index (χ4v) is 3.85. The number of nitrogens with zero attached hydrogens (tertiary/aromatic N) is 4. The normalized spacial score (nSPS) is 13.5. The Morgan fingerprint density at radius 3 is 2.77 bits per heavy atom. The van der Waals surface area contributed by atoms with Crippen molar-refractivity contribution in [1.82, 2.24) is 24.8 Å². The van der Waals surface area contributed by atoms with E-state index in [1.54, 1.807) is 22.8 Å². The van der Waals surface area contributed by atoms with E-state index in [0.29, 0.717) is 25.2 Å². The SMILES string of the molecule is Fc1ccc2scnc2c1.N/C=C(/C(=O)N1CCc2nc[nH]c2C1)c1ccc(F)cn1. The number of aromatic nitrogens is 4. The van der Waals surface area contributed by atoms with Crippen LogP contribution in [-0.4, -0.2) is 37.3 Å². The summed E-state index contributed by atoms with van der Waals surface area (Å²) in [5.74, 6) is -0.905. The summed E-state index contributed by atoms with van der Waals surface area (Å²) < 4.78 is 26.4. The summed E-state index contributed by atoms with van der Waals surface area (Å²) >= 11 is 1.52. The number of carbonyl (C=O) groups is 1. The van der Waals surface area contributed by atoms with E-state index >= 15 is 0 Å². The summed E-state index contributed by atoms with van der Waals surface area (Å²) in [6.07, 6.45) is 4.60. The molecular formula is C21H18F2N6OS. The molecule has 158 valence electrons. The quantitative estimate of drug-likeness (QED) is 0.466. The van der Waals surface area contributed by atoms with Crippen LogP contribution in [0, 0.1) is 11.6 Å². The summed E-state index contributed by atoms with van der Waals surface area (Å²) in [6, 6.07) is 7.31. The Bertz CT molecular complexity index is 1230. The summed E-state index contributed by atoms with van der Waals surface area (Å²) in [7, 11) is 0. The summed E-state index contributed by atoms with van der Waals surface area (Å²) in [5.41, 5.74) is 10.5. The Morgan fingerprint density at radius 2 is 2.00 bits per heavy atom. The number of nitrogens with one attached hydrogen (secondary N) is 1. The highest BCUT2D eigenvalue weighted by Gasteiger charge is 2.25. The minimum absolute atomic E-state index is 0.224. The maximum Gasteiger partial charge on any atom is 0.257 e. The van der Waals surface area contributed by atoms with Crippen LogP contribution >= 0.6 is 11.3 Å². The largest absolute Gasteiger partial charge is 0.404 e. The lowest BCUT2D eigenvalue weighted by molar-refractivity contribution is -0.126. The second-order valence-corrected chi connectivity index (χ2v) is 7.60. The number of amides is 1. The van der Waals surface area contributed by atoms with Gasteiger partial charge in [0.25, 0.3) is 5.91 Å². The second kappa shape index (κ2) is 9.00. The van der Waals surface area contributed by atoms with Gasteiger partial charge in [-0.2, -0.15) is 0 Å². The number of imidazole rings is 1. The van der Waals surface area contributed by atoms with Gasteiger partial charge in [-0.1, -0.05) is 0 Å². The topological polar surface area (TPSA) is 101 Å². The zero-order chi connectivity index (χ0) is 21.8. The number of fused-ring (bicyclic) bond motifs is 2. The predicted molar refractivity (Wildman–Crippen MR) is 114 cm³/mol. The standard InChI is InChI=1S/C14H14FN5O.C7H4FNS/c15-9-1-2-11(17-6-9)10(5-16)14(21)20-4-3-12-13(7-20)19-8-18-12;8-5-1-2-7-6(3-5)9-4-10-7/h1-2,5-6,8H,3-4,7,16H2,(H,18,19);1-4H/b10-5+;. The first-order valence-corrected chi connectivity index (χ1v) is 10.3. The molecule has 1 aromatic carbocycles. The number of pyridine rings is 1. The van der Waals surface area contributed by atoms with Crippen molar-refractivity contribution in [3.63, 3.8) is 0 Å². The van der Waals surface area contributed by atoms with Crippen LogP contribution in [0.1, 0.15) is 17.1 Å². The van der Waals surface area contributed by atoms with Crippen LogP contribution in [0.2, 0.25) is 0 Å². The smallest absolute Gasteiger partial charge is 0.257 e. The highest BCUT2D eigenvalue weighted by molar-refractivity contribution is 7.16. The number of aromatic amines is 1. The molecule has 1 aliphatic rings. The molecule has 0 radical (unpaired) electrons. The van der Waals surface area contributed by atoms with E-state index < -0.39 is 5.82 Å². The van der Waals surface area contributed by atoms with Gasteiger partial charge in [0.05, 0.1) is 57.5 Å². The molecule has 0 spiro atoms. The van der Waals surface area contributed by atoms with Gasteiger partial charge >= 0.3 is 0 Å². The van der Waals surface area contributed by atoms with E-state index in [9.17, 15) is 13.6 Å². The maximum absolute atomic E-state index is 12.9. The average molecular weight is 440 g/mol. The van der Waals surface area contributed by atoms with Gasteiger partial charge in [0.1, 0.15) is 11.6 Å². The number of hydrogen-bond acceptors (Lipinski definition) is 6. The first-order chi connectivity index (χ1) is 15.0. The Kier molecular flexibility index (Phi) is 5.99. The van der Waals surface area contributed by atoms with E-state index in [-0.39, 0.29) is 17.3 Å². The molecule has 0 bridgehead atoms. The van der Waals surface area contributed by atoms with Crippen molar-refractivity contribution in [3.8, 4) is 0 Å². The first-order valence-electron chi connectivity index (χ1n) is 9.38. The third kappa shape index (κ3) is 4.58. The molecule has 0 saturated heterocycles. The van der Waals surface area contributed by atoms with Gasteiger partial charge in [0.15, 0.2) is 0 Å². The lowest BCUT2D eigenvalue weighted by Crippen LogP contribution is -2.36. The van der Waals surface area contributed by atoms with Gasteiger partial charge < -0.3 is 15.6 Å². The lowest BCUT2D eigenvalue weighted by Gasteiger charge is -2.27. The van der Waals surface area contributed by atoms with Crippen molar-refractivity contribution < 1.29 is 13.6 Å². The van der Waals surface area contributed by atoms with Crippen LogP contribution < -0.4 is 5.73 Å². The molecule has 7 nitrogen and oxygen atoms in total. The van der Waals surface area contributed by atoms with Crippen LogP contribution in [0.4, 0.5) is 8.78 Å². The minimum atomic E-state index is -0.456. The van der Waals surface area contributed by atoms with Crippen molar-refractivity contribution in [3.05, 3.63) is 83.3 Å². The zero-order valence-electron chi connectivity index (χ0n) is 16.3. The van der Waals surface area contributed by atoms with Crippen molar-refractivity contribution in [1.29, 1.82) is 0 Å². The number of rotatable bonds is 2. The Balaban J connectivity index is 0.000000192. The maximum atomic E-state index is 12.9. The van der Waals surface area contributed by atoms with Gasteiger partial charge in [-0.25, -0.2) is 18.7 Å². The predicted octanol–water partition coefficient (Wildman–Crippen LogP) is 3.26. The molecule has 31 heavy (non-hydrogen) atoms. The molecule has 3 aromatic heterocycles. The summed E-state index contributed by atoms with van der Waals surface area (Å²) in [5, 5.41) is 0. The van der Waals surface area contributed by atoms with Gasteiger partial charge in [-0.15, -0.1) is 11.3 Å². The third-order valence-corrected chi connectivity index (χ3v) is 5.57. The Labute approximate surface area is 180 Å². The summed E-state index contributed by atoms with van der Waals surface area (Å²) in [6.45, 7) is 1.02. The number of hydrogen-bond donors (Lipinski definition) is 2. The molecule has 4 aromatic rings. The van der Waals surface area contributed by atoms with Crippen molar-refractivity contribution in [2.75, 3.05) is 6.54 Å². The zero-order valence-corrected chi connectivity index (χ0v) is 17.1. The number of carbonyl (C=O) groups excluding carboxylic acids is 1. The van der Waals surface area contributed by atoms with E-state index in [4.69, 9.17) is 5.73 Å². The van der Waals surface area contributed by atoms with E-state index in [2.05, 4.69) is 19.9 Å². The van der Waals surface area contributed by atoms with Gasteiger partial charge in [-0.3, -0.25) is 9.78 Å². The number of nitrogens with two attached hydrogens (primary N) is 1. The molecule has 0 atom stereocenters. The Morgan fingerprint density at radius 1 is 1.16 bits per heavy atom. The van der Waals surface area contributed by atoms with Crippen molar-refractivity contribution >= 4 is 33.0 Å². The molecule has 0 fully saturated rings. The molecule has 5 rings (SSSR count). The fraction of sp³-hybridized carbons (Fsp3) is 0.143. The minimum Gasteiger partial charge on any atom is -0.404 e. The number of H-pyrrole nitrogens is 1. The van der Waals surface area contributed by atoms with Crippen LogP contribution in [0.5, 0.6) is 0 Å². The molecule has 0 aliphatic carbocycles. The van der Waals surface area contributed by atoms with Crippen LogP contribution in [0.25, 0.3) is 15.8 Å².